The average Bonchev–Trinajstić information content (AvgIpc) is 2.27. The molecule has 1 aromatic heterocycles. The Hall–Kier alpha value is -1.07. The fourth-order valence-electron chi connectivity index (χ4n) is 1.19. The molecule has 6 heteroatoms. The second-order valence-corrected chi connectivity index (χ2v) is 4.22. The quantitative estimate of drug-likeness (QED) is 0.734. The minimum Gasteiger partial charge on any atom is -0.394 e. The topological polar surface area (TPSA) is 70.1 Å². The molecule has 5 nitrogen and oxygen atoms in total. The molecule has 1 heterocycles. The Kier molecular flexibility index (Phi) is 4.76. The Balaban J connectivity index is 2.86. The molecule has 1 atom stereocenters. The van der Waals surface area contributed by atoms with Crippen molar-refractivity contribution in [2.24, 2.45) is 5.92 Å². The summed E-state index contributed by atoms with van der Waals surface area (Å²) in [5.74, 6) is 1.31. The molecular formula is C10H17ClN4O. The van der Waals surface area contributed by atoms with Crippen LogP contribution in [0.15, 0.2) is 6.20 Å². The first-order valence-corrected chi connectivity index (χ1v) is 5.54. The number of rotatable bonds is 5. The number of aliphatic hydroxyl groups excluding tert-OH is 1. The van der Waals surface area contributed by atoms with Crippen molar-refractivity contribution in [3.05, 3.63) is 11.2 Å². The van der Waals surface area contributed by atoms with Gasteiger partial charge in [-0.3, -0.25) is 0 Å². The number of nitrogens with zero attached hydrogens (tertiary/aromatic N) is 2. The maximum absolute atomic E-state index is 9.21. The van der Waals surface area contributed by atoms with Gasteiger partial charge in [0.15, 0.2) is 5.82 Å². The molecule has 0 saturated heterocycles. The van der Waals surface area contributed by atoms with Crippen LogP contribution in [-0.4, -0.2) is 34.8 Å². The standard InChI is InChI=1S/C10H17ClN4O/c1-6(2)8(5-16)14-9-7(11)4-13-10(12-3)15-9/h4,6,8,16H,5H2,1-3H3,(H2,12,13,14,15). The van der Waals surface area contributed by atoms with Crippen molar-refractivity contribution >= 4 is 23.4 Å². The summed E-state index contributed by atoms with van der Waals surface area (Å²) < 4.78 is 0. The lowest BCUT2D eigenvalue weighted by atomic mass is 10.1. The third-order valence-electron chi connectivity index (χ3n) is 2.29. The average molecular weight is 245 g/mol. The number of aliphatic hydroxyl groups is 1. The zero-order chi connectivity index (χ0) is 12.1. The summed E-state index contributed by atoms with van der Waals surface area (Å²) in [6.07, 6.45) is 1.53. The van der Waals surface area contributed by atoms with E-state index >= 15 is 0 Å². The van der Waals surface area contributed by atoms with Gasteiger partial charge in [-0.15, -0.1) is 0 Å². The first-order valence-electron chi connectivity index (χ1n) is 5.16. The van der Waals surface area contributed by atoms with E-state index in [0.29, 0.717) is 16.8 Å². The van der Waals surface area contributed by atoms with Gasteiger partial charge >= 0.3 is 0 Å². The van der Waals surface area contributed by atoms with Crippen molar-refractivity contribution in [3.63, 3.8) is 0 Å². The van der Waals surface area contributed by atoms with Crippen LogP contribution in [0.5, 0.6) is 0 Å². The maximum atomic E-state index is 9.21. The third kappa shape index (κ3) is 3.21. The van der Waals surface area contributed by atoms with Crippen LogP contribution >= 0.6 is 11.6 Å². The fraction of sp³-hybridized carbons (Fsp3) is 0.600. The molecule has 0 radical (unpaired) electrons. The van der Waals surface area contributed by atoms with E-state index in [2.05, 4.69) is 20.6 Å². The van der Waals surface area contributed by atoms with Gasteiger partial charge in [0.05, 0.1) is 18.8 Å². The van der Waals surface area contributed by atoms with Gasteiger partial charge in [-0.2, -0.15) is 4.98 Å². The van der Waals surface area contributed by atoms with E-state index in [1.807, 2.05) is 13.8 Å². The van der Waals surface area contributed by atoms with E-state index < -0.39 is 0 Å². The van der Waals surface area contributed by atoms with E-state index in [-0.39, 0.29) is 18.6 Å². The SMILES string of the molecule is CNc1ncc(Cl)c(NC(CO)C(C)C)n1. The molecule has 0 fully saturated rings. The summed E-state index contributed by atoms with van der Waals surface area (Å²) in [6, 6.07) is -0.0721. The molecule has 0 aliphatic carbocycles. The zero-order valence-corrected chi connectivity index (χ0v) is 10.4. The van der Waals surface area contributed by atoms with Crippen LogP contribution in [0.25, 0.3) is 0 Å². The summed E-state index contributed by atoms with van der Waals surface area (Å²) in [7, 11) is 1.74. The molecule has 0 aliphatic rings. The van der Waals surface area contributed by atoms with E-state index in [4.69, 9.17) is 11.6 Å². The molecule has 90 valence electrons. The second kappa shape index (κ2) is 5.86. The van der Waals surface area contributed by atoms with Crippen LogP contribution in [0.4, 0.5) is 11.8 Å². The predicted octanol–water partition coefficient (Wildman–Crippen LogP) is 1.60. The van der Waals surface area contributed by atoms with Gasteiger partial charge in [-0.25, -0.2) is 4.98 Å². The van der Waals surface area contributed by atoms with Crippen molar-refractivity contribution in [2.75, 3.05) is 24.3 Å². The molecule has 0 aliphatic heterocycles. The van der Waals surface area contributed by atoms with Crippen molar-refractivity contribution in [1.29, 1.82) is 0 Å². The van der Waals surface area contributed by atoms with Crippen molar-refractivity contribution in [1.82, 2.24) is 9.97 Å². The largest absolute Gasteiger partial charge is 0.394 e. The lowest BCUT2D eigenvalue weighted by molar-refractivity contribution is 0.249. The molecule has 0 saturated carbocycles. The van der Waals surface area contributed by atoms with Crippen LogP contribution in [0.2, 0.25) is 5.02 Å². The van der Waals surface area contributed by atoms with Gasteiger partial charge in [0.25, 0.3) is 0 Å². The Morgan fingerprint density at radius 2 is 2.19 bits per heavy atom. The number of anilines is 2. The molecule has 0 spiro atoms. The highest BCUT2D eigenvalue weighted by atomic mass is 35.5. The lowest BCUT2D eigenvalue weighted by Crippen LogP contribution is -2.30. The first kappa shape index (κ1) is 13.0. The van der Waals surface area contributed by atoms with Gasteiger partial charge in [0, 0.05) is 7.05 Å². The summed E-state index contributed by atoms with van der Waals surface area (Å²) in [5, 5.41) is 15.6. The van der Waals surface area contributed by atoms with Crippen LogP contribution < -0.4 is 10.6 Å². The fourth-order valence-corrected chi connectivity index (χ4v) is 1.33. The van der Waals surface area contributed by atoms with Crippen molar-refractivity contribution in [2.45, 2.75) is 19.9 Å². The van der Waals surface area contributed by atoms with Gasteiger partial charge in [0.1, 0.15) is 5.02 Å². The number of nitrogens with one attached hydrogen (secondary N) is 2. The number of halogens is 1. The molecule has 0 amide bonds. The smallest absolute Gasteiger partial charge is 0.224 e. The van der Waals surface area contributed by atoms with Crippen LogP contribution in [0, 0.1) is 5.92 Å². The molecule has 16 heavy (non-hydrogen) atoms. The van der Waals surface area contributed by atoms with Gasteiger partial charge in [0.2, 0.25) is 5.95 Å². The van der Waals surface area contributed by atoms with E-state index in [0.717, 1.165) is 0 Å². The van der Waals surface area contributed by atoms with Gasteiger partial charge in [-0.05, 0) is 5.92 Å². The molecule has 1 aromatic rings. The highest BCUT2D eigenvalue weighted by Gasteiger charge is 2.14. The summed E-state index contributed by atoms with van der Waals surface area (Å²) in [5.41, 5.74) is 0. The lowest BCUT2D eigenvalue weighted by Gasteiger charge is -2.21. The summed E-state index contributed by atoms with van der Waals surface area (Å²) >= 11 is 5.96. The Morgan fingerprint density at radius 1 is 1.50 bits per heavy atom. The number of aromatic nitrogens is 2. The molecule has 1 rings (SSSR count). The second-order valence-electron chi connectivity index (χ2n) is 3.82. The molecule has 3 N–H and O–H groups in total. The highest BCUT2D eigenvalue weighted by Crippen LogP contribution is 2.21. The zero-order valence-electron chi connectivity index (χ0n) is 9.66. The van der Waals surface area contributed by atoms with E-state index in [1.54, 1.807) is 7.05 Å². The van der Waals surface area contributed by atoms with E-state index in [1.165, 1.54) is 6.20 Å². The minimum absolute atomic E-state index is 0.0346. The predicted molar refractivity (Wildman–Crippen MR) is 65.9 cm³/mol. The van der Waals surface area contributed by atoms with Gasteiger partial charge in [-0.1, -0.05) is 25.4 Å². The van der Waals surface area contributed by atoms with Crippen LogP contribution in [-0.2, 0) is 0 Å². The maximum Gasteiger partial charge on any atom is 0.224 e. The molecule has 1 unspecified atom stereocenters. The van der Waals surface area contributed by atoms with E-state index in [9.17, 15) is 5.11 Å². The molecule has 0 aromatic carbocycles. The number of hydrogen-bond acceptors (Lipinski definition) is 5. The van der Waals surface area contributed by atoms with Crippen molar-refractivity contribution < 1.29 is 5.11 Å². The molecular weight excluding hydrogens is 228 g/mol. The van der Waals surface area contributed by atoms with Crippen LogP contribution in [0.1, 0.15) is 13.8 Å². The summed E-state index contributed by atoms with van der Waals surface area (Å²) in [6.45, 7) is 4.07. The third-order valence-corrected chi connectivity index (χ3v) is 2.57. The van der Waals surface area contributed by atoms with Crippen molar-refractivity contribution in [3.8, 4) is 0 Å². The first-order chi connectivity index (χ1) is 7.58. The monoisotopic (exact) mass is 244 g/mol. The minimum atomic E-state index is -0.0721. The molecule has 0 bridgehead atoms. The Bertz CT molecular complexity index is 346. The van der Waals surface area contributed by atoms with Crippen LogP contribution in [0.3, 0.4) is 0 Å². The number of hydrogen-bond donors (Lipinski definition) is 3. The Morgan fingerprint density at radius 3 is 2.69 bits per heavy atom. The summed E-state index contributed by atoms with van der Waals surface area (Å²) in [4.78, 5) is 8.16. The highest BCUT2D eigenvalue weighted by molar-refractivity contribution is 6.32. The van der Waals surface area contributed by atoms with Gasteiger partial charge < -0.3 is 15.7 Å². The Labute approximate surface area is 100 Å². The normalized spacial score (nSPS) is 12.6.